The fraction of sp³-hybridized carbons (Fsp3) is 0.409. The van der Waals surface area contributed by atoms with E-state index >= 15 is 0 Å². The lowest BCUT2D eigenvalue weighted by Crippen LogP contribution is -2.50. The molecular formula is C22H30N2O4S. The van der Waals surface area contributed by atoms with Crippen LogP contribution in [0.2, 0.25) is 0 Å². The molecule has 2 aromatic carbocycles. The van der Waals surface area contributed by atoms with E-state index in [0.717, 1.165) is 28.7 Å². The quantitative estimate of drug-likeness (QED) is 0.634. The predicted molar refractivity (Wildman–Crippen MR) is 117 cm³/mol. The van der Waals surface area contributed by atoms with Crippen molar-refractivity contribution in [1.29, 1.82) is 0 Å². The molecule has 29 heavy (non-hydrogen) atoms. The number of carbonyl (C=O) groups is 1. The first-order valence-electron chi connectivity index (χ1n) is 9.66. The molecule has 6 nitrogen and oxygen atoms in total. The Hall–Kier alpha value is -2.54. The Bertz CT molecular complexity index is 920. The molecule has 1 unspecified atom stereocenters. The molecule has 0 aliphatic rings. The van der Waals surface area contributed by atoms with E-state index in [1.165, 1.54) is 4.31 Å². The van der Waals surface area contributed by atoms with Crippen LogP contribution < -0.4 is 14.4 Å². The summed E-state index contributed by atoms with van der Waals surface area (Å²) >= 11 is 0. The van der Waals surface area contributed by atoms with Crippen molar-refractivity contribution in [3.63, 3.8) is 0 Å². The summed E-state index contributed by atoms with van der Waals surface area (Å²) in [4.78, 5) is 12.7. The van der Waals surface area contributed by atoms with Gasteiger partial charge in [0.2, 0.25) is 15.9 Å². The zero-order valence-corrected chi connectivity index (χ0v) is 18.5. The van der Waals surface area contributed by atoms with Crippen molar-refractivity contribution < 1.29 is 17.9 Å². The minimum Gasteiger partial charge on any atom is -0.492 e. The van der Waals surface area contributed by atoms with E-state index in [9.17, 15) is 13.2 Å². The van der Waals surface area contributed by atoms with Crippen molar-refractivity contribution in [2.45, 2.75) is 40.2 Å². The van der Waals surface area contributed by atoms with Crippen LogP contribution in [0.5, 0.6) is 5.75 Å². The monoisotopic (exact) mass is 418 g/mol. The smallest absolute Gasteiger partial charge is 0.244 e. The summed E-state index contributed by atoms with van der Waals surface area (Å²) in [5, 5.41) is 2.80. The predicted octanol–water partition coefficient (Wildman–Crippen LogP) is 3.35. The average molecular weight is 419 g/mol. The second-order valence-electron chi connectivity index (χ2n) is 7.28. The first-order valence-corrected chi connectivity index (χ1v) is 11.5. The van der Waals surface area contributed by atoms with Gasteiger partial charge < -0.3 is 10.1 Å². The van der Waals surface area contributed by atoms with E-state index in [4.69, 9.17) is 4.74 Å². The Morgan fingerprint density at radius 2 is 1.62 bits per heavy atom. The number of hydrogen-bond donors (Lipinski definition) is 1. The molecule has 0 radical (unpaired) electrons. The van der Waals surface area contributed by atoms with Gasteiger partial charge in [0.25, 0.3) is 0 Å². The number of amides is 1. The van der Waals surface area contributed by atoms with Crippen LogP contribution in [0, 0.1) is 20.8 Å². The lowest BCUT2D eigenvalue weighted by atomic mass is 10.1. The van der Waals surface area contributed by atoms with Crippen molar-refractivity contribution in [2.24, 2.45) is 0 Å². The SMILES string of the molecule is CCC(C(=O)NCCOc1cc(C)cc(C)c1)N(c1ccc(C)cc1)S(C)(=O)=O. The van der Waals surface area contributed by atoms with Gasteiger partial charge in [0.05, 0.1) is 18.5 Å². The van der Waals surface area contributed by atoms with Gasteiger partial charge in [-0.15, -0.1) is 0 Å². The molecule has 0 bridgehead atoms. The normalized spacial score (nSPS) is 12.3. The zero-order chi connectivity index (χ0) is 21.6. The number of aryl methyl sites for hydroxylation is 3. The number of benzene rings is 2. The number of hydrogen-bond acceptors (Lipinski definition) is 4. The minimum absolute atomic E-state index is 0.286. The highest BCUT2D eigenvalue weighted by Gasteiger charge is 2.31. The van der Waals surface area contributed by atoms with E-state index in [2.05, 4.69) is 11.4 Å². The highest BCUT2D eigenvalue weighted by molar-refractivity contribution is 7.92. The Balaban J connectivity index is 2.04. The molecule has 0 saturated carbocycles. The second kappa shape index (κ2) is 9.78. The van der Waals surface area contributed by atoms with Crippen molar-refractivity contribution in [3.8, 4) is 5.75 Å². The summed E-state index contributed by atoms with van der Waals surface area (Å²) in [6.07, 6.45) is 1.47. The average Bonchev–Trinajstić information content (AvgIpc) is 2.62. The third-order valence-corrected chi connectivity index (χ3v) is 5.66. The Kier molecular flexibility index (Phi) is 7.67. The molecule has 0 heterocycles. The summed E-state index contributed by atoms with van der Waals surface area (Å²) < 4.78 is 31.7. The standard InChI is InChI=1S/C22H30N2O4S/c1-6-21(24(29(5,26)27)19-9-7-16(2)8-10-19)22(25)23-11-12-28-20-14-17(3)13-18(4)15-20/h7-10,13-15,21H,6,11-12H2,1-5H3,(H,23,25). The van der Waals surface area contributed by atoms with Crippen molar-refractivity contribution in [1.82, 2.24) is 5.32 Å². The van der Waals surface area contributed by atoms with Crippen LogP contribution in [-0.2, 0) is 14.8 Å². The third-order valence-electron chi connectivity index (χ3n) is 4.48. The summed E-state index contributed by atoms with van der Waals surface area (Å²) in [7, 11) is -3.63. The molecule has 0 spiro atoms. The maximum atomic E-state index is 12.7. The van der Waals surface area contributed by atoms with Gasteiger partial charge in [-0.05, 0) is 62.6 Å². The molecule has 158 valence electrons. The number of sulfonamides is 1. The maximum absolute atomic E-state index is 12.7. The lowest BCUT2D eigenvalue weighted by Gasteiger charge is -2.30. The van der Waals surface area contributed by atoms with Crippen LogP contribution in [0.4, 0.5) is 5.69 Å². The topological polar surface area (TPSA) is 75.7 Å². The number of anilines is 1. The third kappa shape index (κ3) is 6.49. The Morgan fingerprint density at radius 3 is 2.14 bits per heavy atom. The summed E-state index contributed by atoms with van der Waals surface area (Å²) in [5.74, 6) is 0.406. The largest absolute Gasteiger partial charge is 0.492 e. The first-order chi connectivity index (χ1) is 13.6. The first kappa shape index (κ1) is 22.7. The van der Waals surface area contributed by atoms with Crippen molar-refractivity contribution in [2.75, 3.05) is 23.7 Å². The highest BCUT2D eigenvalue weighted by atomic mass is 32.2. The fourth-order valence-corrected chi connectivity index (χ4v) is 4.44. The summed E-state index contributed by atoms with van der Waals surface area (Å²) in [6, 6.07) is 12.2. The Labute approximate surface area is 173 Å². The highest BCUT2D eigenvalue weighted by Crippen LogP contribution is 2.23. The van der Waals surface area contributed by atoms with E-state index in [-0.39, 0.29) is 12.5 Å². The molecule has 0 saturated heterocycles. The van der Waals surface area contributed by atoms with Crippen LogP contribution in [0.3, 0.4) is 0 Å². The van der Waals surface area contributed by atoms with Gasteiger partial charge >= 0.3 is 0 Å². The van der Waals surface area contributed by atoms with E-state index in [0.29, 0.717) is 18.7 Å². The summed E-state index contributed by atoms with van der Waals surface area (Å²) in [5.41, 5.74) is 3.71. The van der Waals surface area contributed by atoms with Gasteiger partial charge in [-0.1, -0.05) is 30.7 Å². The van der Waals surface area contributed by atoms with Crippen LogP contribution in [0.1, 0.15) is 30.0 Å². The molecule has 0 aliphatic carbocycles. The maximum Gasteiger partial charge on any atom is 0.244 e. The van der Waals surface area contributed by atoms with Crippen molar-refractivity contribution >= 4 is 21.6 Å². The molecule has 1 amide bonds. The van der Waals surface area contributed by atoms with Gasteiger partial charge in [-0.2, -0.15) is 0 Å². The number of nitrogens with one attached hydrogen (secondary N) is 1. The van der Waals surface area contributed by atoms with Crippen LogP contribution in [0.25, 0.3) is 0 Å². The van der Waals surface area contributed by atoms with Gasteiger partial charge in [-0.3, -0.25) is 9.10 Å². The second-order valence-corrected chi connectivity index (χ2v) is 9.14. The van der Waals surface area contributed by atoms with Crippen LogP contribution in [-0.4, -0.2) is 39.8 Å². The zero-order valence-electron chi connectivity index (χ0n) is 17.7. The van der Waals surface area contributed by atoms with E-state index < -0.39 is 16.1 Å². The molecule has 0 aromatic heterocycles. The van der Waals surface area contributed by atoms with E-state index in [1.807, 2.05) is 45.0 Å². The number of nitrogens with zero attached hydrogens (tertiary/aromatic N) is 1. The number of carbonyl (C=O) groups excluding carboxylic acids is 1. The lowest BCUT2D eigenvalue weighted by molar-refractivity contribution is -0.122. The Morgan fingerprint density at radius 1 is 1.03 bits per heavy atom. The minimum atomic E-state index is -3.63. The number of rotatable bonds is 9. The molecule has 0 aliphatic heterocycles. The van der Waals surface area contributed by atoms with Gasteiger partial charge in [0, 0.05) is 0 Å². The molecular weight excluding hydrogens is 388 g/mol. The summed E-state index contributed by atoms with van der Waals surface area (Å²) in [6.45, 7) is 8.30. The van der Waals surface area contributed by atoms with Crippen LogP contribution >= 0.6 is 0 Å². The molecule has 0 fully saturated rings. The van der Waals surface area contributed by atoms with Crippen LogP contribution in [0.15, 0.2) is 42.5 Å². The van der Waals surface area contributed by atoms with Crippen molar-refractivity contribution in [3.05, 3.63) is 59.2 Å². The van der Waals surface area contributed by atoms with Gasteiger partial charge in [0.15, 0.2) is 0 Å². The van der Waals surface area contributed by atoms with Gasteiger partial charge in [-0.25, -0.2) is 8.42 Å². The molecule has 2 aromatic rings. The molecule has 1 N–H and O–H groups in total. The molecule has 2 rings (SSSR count). The molecule has 1 atom stereocenters. The van der Waals surface area contributed by atoms with Gasteiger partial charge in [0.1, 0.15) is 18.4 Å². The number of ether oxygens (including phenoxy) is 1. The molecule has 7 heteroatoms. The van der Waals surface area contributed by atoms with E-state index in [1.54, 1.807) is 19.1 Å². The fourth-order valence-electron chi connectivity index (χ4n) is 3.23.